The van der Waals surface area contributed by atoms with Gasteiger partial charge in [-0.05, 0) is 55.2 Å². The van der Waals surface area contributed by atoms with Gasteiger partial charge in [-0.2, -0.15) is 0 Å². The molecular formula is C16H19N3O. The Kier molecular flexibility index (Phi) is 2.59. The van der Waals surface area contributed by atoms with Crippen LogP contribution in [0, 0.1) is 17.8 Å². The molecule has 20 heavy (non-hydrogen) atoms. The average Bonchev–Trinajstić information content (AvgIpc) is 3.05. The van der Waals surface area contributed by atoms with E-state index >= 15 is 0 Å². The second-order valence-corrected chi connectivity index (χ2v) is 6.41. The topological polar surface area (TPSA) is 60.9 Å². The number of nitrogen functional groups attached to an aromatic ring is 1. The quantitative estimate of drug-likeness (QED) is 0.852. The number of anilines is 1. The van der Waals surface area contributed by atoms with Crippen LogP contribution in [-0.2, 0) is 6.54 Å². The van der Waals surface area contributed by atoms with Gasteiger partial charge in [0.1, 0.15) is 0 Å². The minimum atomic E-state index is 0.0464. The van der Waals surface area contributed by atoms with Crippen LogP contribution in [-0.4, -0.2) is 9.55 Å². The molecule has 0 radical (unpaired) electrons. The summed E-state index contributed by atoms with van der Waals surface area (Å²) in [6.45, 7) is 0.817. The van der Waals surface area contributed by atoms with Crippen molar-refractivity contribution in [2.45, 2.75) is 32.2 Å². The number of hydrogen-bond acceptors (Lipinski definition) is 3. The van der Waals surface area contributed by atoms with E-state index < -0.39 is 0 Å². The Hall–Kier alpha value is -1.84. The van der Waals surface area contributed by atoms with E-state index in [4.69, 9.17) is 5.73 Å². The molecule has 4 heteroatoms. The van der Waals surface area contributed by atoms with Gasteiger partial charge < -0.3 is 5.73 Å². The number of rotatable bonds is 2. The fourth-order valence-electron chi connectivity index (χ4n) is 4.16. The zero-order chi connectivity index (χ0) is 13.7. The summed E-state index contributed by atoms with van der Waals surface area (Å²) >= 11 is 0. The molecule has 2 aromatic rings. The molecule has 4 nitrogen and oxygen atoms in total. The average molecular weight is 269 g/mol. The van der Waals surface area contributed by atoms with E-state index in [0.717, 1.165) is 23.9 Å². The van der Waals surface area contributed by atoms with Gasteiger partial charge in [0.15, 0.2) is 0 Å². The van der Waals surface area contributed by atoms with Crippen LogP contribution in [0.4, 0.5) is 5.69 Å². The zero-order valence-electron chi connectivity index (χ0n) is 11.5. The van der Waals surface area contributed by atoms with Crippen molar-refractivity contribution >= 4 is 16.6 Å². The number of nitrogens with zero attached hydrogens (tertiary/aromatic N) is 2. The third-order valence-corrected chi connectivity index (χ3v) is 5.16. The molecule has 2 saturated carbocycles. The van der Waals surface area contributed by atoms with Crippen molar-refractivity contribution in [3.63, 3.8) is 0 Å². The van der Waals surface area contributed by atoms with Gasteiger partial charge in [-0.25, -0.2) is 4.98 Å². The summed E-state index contributed by atoms with van der Waals surface area (Å²) in [7, 11) is 0. The number of fused-ring (bicyclic) bond motifs is 3. The van der Waals surface area contributed by atoms with Gasteiger partial charge in [-0.15, -0.1) is 0 Å². The molecule has 2 fully saturated rings. The molecule has 1 aromatic heterocycles. The van der Waals surface area contributed by atoms with Gasteiger partial charge in [-0.1, -0.05) is 6.42 Å². The van der Waals surface area contributed by atoms with Gasteiger partial charge in [0, 0.05) is 12.2 Å². The van der Waals surface area contributed by atoms with Crippen LogP contribution in [0.25, 0.3) is 10.9 Å². The normalized spacial score (nSPS) is 28.3. The highest BCUT2D eigenvalue weighted by molar-refractivity contribution is 5.80. The van der Waals surface area contributed by atoms with Gasteiger partial charge in [0.25, 0.3) is 5.56 Å². The van der Waals surface area contributed by atoms with Crippen LogP contribution < -0.4 is 11.3 Å². The Labute approximate surface area is 117 Å². The molecule has 2 aliphatic carbocycles. The minimum Gasteiger partial charge on any atom is -0.399 e. The van der Waals surface area contributed by atoms with Crippen LogP contribution in [0.5, 0.6) is 0 Å². The first-order chi connectivity index (χ1) is 9.70. The van der Waals surface area contributed by atoms with E-state index in [9.17, 15) is 4.79 Å². The Morgan fingerprint density at radius 2 is 2.20 bits per heavy atom. The number of aromatic nitrogens is 2. The maximum absolute atomic E-state index is 12.5. The molecule has 3 atom stereocenters. The van der Waals surface area contributed by atoms with E-state index in [2.05, 4.69) is 4.98 Å². The maximum atomic E-state index is 12.5. The van der Waals surface area contributed by atoms with Crippen molar-refractivity contribution in [3.8, 4) is 0 Å². The zero-order valence-corrected chi connectivity index (χ0v) is 11.5. The van der Waals surface area contributed by atoms with Crippen molar-refractivity contribution in [3.05, 3.63) is 34.9 Å². The molecule has 2 bridgehead atoms. The molecule has 0 amide bonds. The van der Waals surface area contributed by atoms with Crippen molar-refractivity contribution in [1.29, 1.82) is 0 Å². The van der Waals surface area contributed by atoms with Gasteiger partial charge >= 0.3 is 0 Å². The highest BCUT2D eigenvalue weighted by Crippen LogP contribution is 2.48. The molecule has 2 aliphatic rings. The second kappa shape index (κ2) is 4.33. The van der Waals surface area contributed by atoms with E-state index in [1.165, 1.54) is 25.7 Å². The van der Waals surface area contributed by atoms with Gasteiger partial charge in [0.2, 0.25) is 0 Å². The number of nitrogens with two attached hydrogens (primary N) is 1. The lowest BCUT2D eigenvalue weighted by Crippen LogP contribution is -2.26. The summed E-state index contributed by atoms with van der Waals surface area (Å²) in [6.07, 6.45) is 7.09. The highest BCUT2D eigenvalue weighted by Gasteiger charge is 2.39. The first-order valence-corrected chi connectivity index (χ1v) is 7.45. The summed E-state index contributed by atoms with van der Waals surface area (Å²) in [4.78, 5) is 16.9. The largest absolute Gasteiger partial charge is 0.399 e. The Morgan fingerprint density at radius 3 is 2.95 bits per heavy atom. The Morgan fingerprint density at radius 1 is 1.30 bits per heavy atom. The lowest BCUT2D eigenvalue weighted by Gasteiger charge is -2.22. The fourth-order valence-corrected chi connectivity index (χ4v) is 4.16. The summed E-state index contributed by atoms with van der Waals surface area (Å²) in [6, 6.07) is 5.34. The Bertz CT molecular complexity index is 721. The molecule has 0 spiro atoms. The molecule has 0 aliphatic heterocycles. The third-order valence-electron chi connectivity index (χ3n) is 5.16. The molecule has 1 aromatic carbocycles. The first-order valence-electron chi connectivity index (χ1n) is 7.45. The second-order valence-electron chi connectivity index (χ2n) is 6.41. The number of hydrogen-bond donors (Lipinski definition) is 1. The standard InChI is InChI=1S/C16H19N3O/c17-13-3-4-15-14(7-13)16(20)19(9-18-15)8-12-6-10-1-2-11(12)5-10/h3-4,7,9-12H,1-2,5-6,8,17H2. The molecule has 4 rings (SSSR count). The summed E-state index contributed by atoms with van der Waals surface area (Å²) in [5, 5.41) is 0.635. The smallest absolute Gasteiger partial charge is 0.261 e. The van der Waals surface area contributed by atoms with Crippen molar-refractivity contribution in [1.82, 2.24) is 9.55 Å². The molecular weight excluding hydrogens is 250 g/mol. The monoisotopic (exact) mass is 269 g/mol. The van der Waals surface area contributed by atoms with Gasteiger partial charge in [-0.3, -0.25) is 9.36 Å². The summed E-state index contributed by atoms with van der Waals surface area (Å²) in [5.41, 5.74) is 7.18. The first kappa shape index (κ1) is 11.9. The van der Waals surface area contributed by atoms with E-state index in [1.54, 1.807) is 23.0 Å². The van der Waals surface area contributed by atoms with Crippen LogP contribution in [0.2, 0.25) is 0 Å². The van der Waals surface area contributed by atoms with Gasteiger partial charge in [0.05, 0.1) is 17.2 Å². The van der Waals surface area contributed by atoms with Crippen LogP contribution in [0.1, 0.15) is 25.7 Å². The molecule has 0 saturated heterocycles. The molecule has 104 valence electrons. The minimum absolute atomic E-state index is 0.0464. The Balaban J connectivity index is 1.70. The van der Waals surface area contributed by atoms with Crippen molar-refractivity contribution in [2.24, 2.45) is 17.8 Å². The lowest BCUT2D eigenvalue weighted by molar-refractivity contribution is 0.292. The SMILES string of the molecule is Nc1ccc2ncn(CC3CC4CCC3C4)c(=O)c2c1. The van der Waals surface area contributed by atoms with E-state index in [1.807, 2.05) is 6.07 Å². The third kappa shape index (κ3) is 1.82. The van der Waals surface area contributed by atoms with Crippen LogP contribution in [0.15, 0.2) is 29.3 Å². The van der Waals surface area contributed by atoms with E-state index in [0.29, 0.717) is 17.0 Å². The highest BCUT2D eigenvalue weighted by atomic mass is 16.1. The molecule has 3 unspecified atom stereocenters. The summed E-state index contributed by atoms with van der Waals surface area (Å²) in [5.74, 6) is 2.39. The van der Waals surface area contributed by atoms with Crippen LogP contribution >= 0.6 is 0 Å². The van der Waals surface area contributed by atoms with E-state index in [-0.39, 0.29) is 5.56 Å². The fraction of sp³-hybridized carbons (Fsp3) is 0.500. The predicted octanol–water partition coefficient (Wildman–Crippen LogP) is 2.41. The summed E-state index contributed by atoms with van der Waals surface area (Å²) < 4.78 is 1.78. The van der Waals surface area contributed by atoms with Crippen molar-refractivity contribution < 1.29 is 0 Å². The lowest BCUT2D eigenvalue weighted by atomic mass is 9.89. The maximum Gasteiger partial charge on any atom is 0.261 e. The molecule has 2 N–H and O–H groups in total. The number of benzene rings is 1. The van der Waals surface area contributed by atoms with Crippen LogP contribution in [0.3, 0.4) is 0 Å². The van der Waals surface area contributed by atoms with Crippen molar-refractivity contribution in [2.75, 3.05) is 5.73 Å². The predicted molar refractivity (Wildman–Crippen MR) is 79.4 cm³/mol. The molecule has 1 heterocycles.